The molecule has 0 bridgehead atoms. The van der Waals surface area contributed by atoms with E-state index in [1.165, 1.54) is 0 Å². The Hall–Kier alpha value is -2.04. The molecule has 2 heterocycles. The van der Waals surface area contributed by atoms with Crippen molar-refractivity contribution in [1.29, 1.82) is 0 Å². The van der Waals surface area contributed by atoms with E-state index in [9.17, 15) is 4.79 Å². The summed E-state index contributed by atoms with van der Waals surface area (Å²) in [5.74, 6) is 2.94. The van der Waals surface area contributed by atoms with Crippen molar-refractivity contribution >= 4 is 17.5 Å². The molecule has 0 saturated carbocycles. The molecule has 2 aromatic carbocycles. The molecule has 0 unspecified atom stereocenters. The van der Waals surface area contributed by atoms with Crippen molar-refractivity contribution in [2.24, 2.45) is 11.8 Å². The number of carbonyl (C=O) groups excluding carboxylic acids is 1. The standard InChI is InChI=1S/C21H23ClN2O2/c22-18-2-1-3-20(12-18)26-19-6-4-15(5-7-19)21(25)24-10-8-16-13-23-14-17(16)9-11-24/h1-7,12,16-17,23H,8-11,13-14H2/t16-,17+. The average molecular weight is 371 g/mol. The second kappa shape index (κ2) is 7.68. The van der Waals surface area contributed by atoms with Crippen molar-refractivity contribution in [2.45, 2.75) is 12.8 Å². The summed E-state index contributed by atoms with van der Waals surface area (Å²) in [4.78, 5) is 14.8. The first-order valence-corrected chi connectivity index (χ1v) is 9.60. The number of benzene rings is 2. The molecule has 2 saturated heterocycles. The van der Waals surface area contributed by atoms with E-state index in [2.05, 4.69) is 5.32 Å². The number of hydrogen-bond donors (Lipinski definition) is 1. The Labute approximate surface area is 159 Å². The lowest BCUT2D eigenvalue weighted by molar-refractivity contribution is 0.0758. The van der Waals surface area contributed by atoms with Gasteiger partial charge in [-0.1, -0.05) is 17.7 Å². The first-order valence-electron chi connectivity index (χ1n) is 9.22. The normalized spacial score (nSPS) is 22.6. The first-order chi connectivity index (χ1) is 12.7. The molecular formula is C21H23ClN2O2. The van der Waals surface area contributed by atoms with Crippen LogP contribution < -0.4 is 10.1 Å². The molecule has 0 aliphatic carbocycles. The van der Waals surface area contributed by atoms with Crippen LogP contribution in [0.4, 0.5) is 0 Å². The highest BCUT2D eigenvalue weighted by atomic mass is 35.5. The van der Waals surface area contributed by atoms with Crippen LogP contribution in [-0.4, -0.2) is 37.0 Å². The topological polar surface area (TPSA) is 41.6 Å². The molecule has 2 aliphatic heterocycles. The molecule has 136 valence electrons. The zero-order valence-corrected chi connectivity index (χ0v) is 15.4. The SMILES string of the molecule is O=C(c1ccc(Oc2cccc(Cl)c2)cc1)N1CC[C@@H]2CNC[C@@H]2CC1. The Kier molecular flexibility index (Phi) is 5.14. The molecule has 0 spiro atoms. The summed E-state index contributed by atoms with van der Waals surface area (Å²) in [6.45, 7) is 3.90. The summed E-state index contributed by atoms with van der Waals surface area (Å²) >= 11 is 5.98. The number of nitrogens with zero attached hydrogens (tertiary/aromatic N) is 1. The van der Waals surface area contributed by atoms with Gasteiger partial charge in [-0.3, -0.25) is 4.79 Å². The monoisotopic (exact) mass is 370 g/mol. The Bertz CT molecular complexity index is 764. The molecule has 0 radical (unpaired) electrons. The Morgan fingerprint density at radius 2 is 1.69 bits per heavy atom. The minimum absolute atomic E-state index is 0.118. The first kappa shape index (κ1) is 17.4. The van der Waals surface area contributed by atoms with Gasteiger partial charge in [0.2, 0.25) is 0 Å². The second-order valence-electron chi connectivity index (χ2n) is 7.13. The van der Waals surface area contributed by atoms with Gasteiger partial charge < -0.3 is 15.0 Å². The lowest BCUT2D eigenvalue weighted by Crippen LogP contribution is -2.32. The Balaban J connectivity index is 1.40. The number of amides is 1. The van der Waals surface area contributed by atoms with Crippen LogP contribution in [0.1, 0.15) is 23.2 Å². The third-order valence-electron chi connectivity index (χ3n) is 5.44. The van der Waals surface area contributed by atoms with Gasteiger partial charge in [0.25, 0.3) is 5.91 Å². The van der Waals surface area contributed by atoms with Gasteiger partial charge in [-0.15, -0.1) is 0 Å². The number of nitrogens with one attached hydrogen (secondary N) is 1. The van der Waals surface area contributed by atoms with Gasteiger partial charge >= 0.3 is 0 Å². The van der Waals surface area contributed by atoms with E-state index in [0.717, 1.165) is 50.9 Å². The highest BCUT2D eigenvalue weighted by molar-refractivity contribution is 6.30. The molecule has 2 fully saturated rings. The molecule has 5 heteroatoms. The minimum atomic E-state index is 0.118. The van der Waals surface area contributed by atoms with Crippen LogP contribution in [0.2, 0.25) is 5.02 Å². The third-order valence-corrected chi connectivity index (χ3v) is 5.67. The van der Waals surface area contributed by atoms with E-state index in [-0.39, 0.29) is 5.91 Å². The number of hydrogen-bond acceptors (Lipinski definition) is 3. The van der Waals surface area contributed by atoms with Crippen molar-refractivity contribution in [1.82, 2.24) is 10.2 Å². The van der Waals surface area contributed by atoms with Crippen molar-refractivity contribution in [3.8, 4) is 11.5 Å². The minimum Gasteiger partial charge on any atom is -0.457 e. The van der Waals surface area contributed by atoms with Crippen LogP contribution in [-0.2, 0) is 0 Å². The summed E-state index contributed by atoms with van der Waals surface area (Å²) in [5.41, 5.74) is 0.716. The number of halogens is 1. The maximum absolute atomic E-state index is 12.8. The predicted octanol–water partition coefficient (Wildman–Crippen LogP) is 4.20. The van der Waals surface area contributed by atoms with Crippen LogP contribution in [0.25, 0.3) is 0 Å². The van der Waals surface area contributed by atoms with Crippen molar-refractivity contribution in [2.75, 3.05) is 26.2 Å². The van der Waals surface area contributed by atoms with E-state index >= 15 is 0 Å². The smallest absolute Gasteiger partial charge is 0.253 e. The molecule has 0 aromatic heterocycles. The number of carbonyl (C=O) groups is 1. The number of fused-ring (bicyclic) bond motifs is 1. The van der Waals surface area contributed by atoms with Gasteiger partial charge in [0.05, 0.1) is 0 Å². The highest BCUT2D eigenvalue weighted by Crippen LogP contribution is 2.28. The van der Waals surface area contributed by atoms with Crippen LogP contribution in [0, 0.1) is 11.8 Å². The van der Waals surface area contributed by atoms with E-state index in [4.69, 9.17) is 16.3 Å². The Morgan fingerprint density at radius 3 is 2.35 bits per heavy atom. The summed E-state index contributed by atoms with van der Waals surface area (Å²) in [6.07, 6.45) is 2.19. The number of ether oxygens (including phenoxy) is 1. The van der Waals surface area contributed by atoms with Crippen molar-refractivity contribution < 1.29 is 9.53 Å². The average Bonchev–Trinajstić information content (AvgIpc) is 3.00. The zero-order chi connectivity index (χ0) is 17.9. The molecule has 2 aromatic rings. The maximum atomic E-state index is 12.8. The molecule has 1 N–H and O–H groups in total. The van der Waals surface area contributed by atoms with Crippen LogP contribution in [0.3, 0.4) is 0 Å². The summed E-state index contributed by atoms with van der Waals surface area (Å²) in [7, 11) is 0. The van der Waals surface area contributed by atoms with Gasteiger partial charge in [-0.25, -0.2) is 0 Å². The molecule has 1 amide bonds. The Morgan fingerprint density at radius 1 is 1.00 bits per heavy atom. The third kappa shape index (κ3) is 3.87. The van der Waals surface area contributed by atoms with E-state index < -0.39 is 0 Å². The molecule has 4 rings (SSSR count). The van der Waals surface area contributed by atoms with E-state index in [1.54, 1.807) is 6.07 Å². The zero-order valence-electron chi connectivity index (χ0n) is 14.7. The van der Waals surface area contributed by atoms with Crippen LogP contribution in [0.5, 0.6) is 11.5 Å². The van der Waals surface area contributed by atoms with E-state index in [1.807, 2.05) is 47.4 Å². The van der Waals surface area contributed by atoms with Crippen LogP contribution >= 0.6 is 11.6 Å². The second-order valence-corrected chi connectivity index (χ2v) is 7.57. The molecule has 2 aliphatic rings. The van der Waals surface area contributed by atoms with Gasteiger partial charge in [-0.2, -0.15) is 0 Å². The van der Waals surface area contributed by atoms with Gasteiger partial charge in [0.15, 0.2) is 0 Å². The summed E-state index contributed by atoms with van der Waals surface area (Å²) < 4.78 is 5.79. The molecule has 4 nitrogen and oxygen atoms in total. The van der Waals surface area contributed by atoms with Gasteiger partial charge in [-0.05, 0) is 80.2 Å². The maximum Gasteiger partial charge on any atom is 0.253 e. The van der Waals surface area contributed by atoms with E-state index in [0.29, 0.717) is 22.1 Å². The van der Waals surface area contributed by atoms with Crippen molar-refractivity contribution in [3.05, 3.63) is 59.1 Å². The molecular weight excluding hydrogens is 348 g/mol. The number of rotatable bonds is 3. The highest BCUT2D eigenvalue weighted by Gasteiger charge is 2.31. The van der Waals surface area contributed by atoms with Crippen LogP contribution in [0.15, 0.2) is 48.5 Å². The summed E-state index contributed by atoms with van der Waals surface area (Å²) in [6, 6.07) is 14.6. The quantitative estimate of drug-likeness (QED) is 0.880. The van der Waals surface area contributed by atoms with Crippen molar-refractivity contribution in [3.63, 3.8) is 0 Å². The van der Waals surface area contributed by atoms with Gasteiger partial charge in [0, 0.05) is 23.7 Å². The predicted molar refractivity (Wildman–Crippen MR) is 103 cm³/mol. The molecule has 26 heavy (non-hydrogen) atoms. The molecule has 2 atom stereocenters. The number of likely N-dealkylation sites (tertiary alicyclic amines) is 1. The lowest BCUT2D eigenvalue weighted by Gasteiger charge is -2.21. The van der Waals surface area contributed by atoms with Gasteiger partial charge in [0.1, 0.15) is 11.5 Å². The fourth-order valence-corrected chi connectivity index (χ4v) is 4.12. The fraction of sp³-hybridized carbons (Fsp3) is 0.381. The lowest BCUT2D eigenvalue weighted by atomic mass is 9.92. The summed E-state index contributed by atoms with van der Waals surface area (Å²) in [5, 5.41) is 4.11. The fourth-order valence-electron chi connectivity index (χ4n) is 3.94. The largest absolute Gasteiger partial charge is 0.457 e.